The van der Waals surface area contributed by atoms with Crippen molar-refractivity contribution in [2.75, 3.05) is 6.54 Å². The number of aromatic hydroxyl groups is 2. The van der Waals surface area contributed by atoms with E-state index in [0.717, 1.165) is 49.7 Å². The van der Waals surface area contributed by atoms with Gasteiger partial charge in [0.2, 0.25) is 11.2 Å². The summed E-state index contributed by atoms with van der Waals surface area (Å²) < 4.78 is 13.7. The van der Waals surface area contributed by atoms with Crippen molar-refractivity contribution in [3.8, 4) is 11.5 Å². The third kappa shape index (κ3) is 6.78. The Bertz CT molecular complexity index is 1020. The zero-order valence-electron chi connectivity index (χ0n) is 19.7. The molecule has 0 saturated heterocycles. The third-order valence-corrected chi connectivity index (χ3v) is 6.83. The molecule has 1 aliphatic carbocycles. The predicted molar refractivity (Wildman–Crippen MR) is 128 cm³/mol. The van der Waals surface area contributed by atoms with Crippen molar-refractivity contribution in [2.45, 2.75) is 77.4 Å². The molecule has 0 heterocycles. The van der Waals surface area contributed by atoms with E-state index in [4.69, 9.17) is 0 Å². The fourth-order valence-electron chi connectivity index (χ4n) is 4.84. The average molecular weight is 458 g/mol. The van der Waals surface area contributed by atoms with E-state index >= 15 is 0 Å². The number of aliphatic hydroxyl groups is 1. The molecule has 180 valence electrons. The van der Waals surface area contributed by atoms with Gasteiger partial charge in [-0.05, 0) is 68.7 Å². The number of benzene rings is 1. The van der Waals surface area contributed by atoms with Crippen molar-refractivity contribution in [1.82, 2.24) is 5.32 Å². The first-order valence-corrected chi connectivity index (χ1v) is 11.9. The summed E-state index contributed by atoms with van der Waals surface area (Å²) in [6.45, 7) is 4.48. The van der Waals surface area contributed by atoms with Crippen LogP contribution in [0.25, 0.3) is 0 Å². The predicted octanol–water partition coefficient (Wildman–Crippen LogP) is 4.50. The van der Waals surface area contributed by atoms with Crippen LogP contribution >= 0.6 is 0 Å². The number of hydrogen-bond acceptors (Lipinski definition) is 5. The van der Waals surface area contributed by atoms with Gasteiger partial charge in [-0.2, -0.15) is 0 Å². The van der Waals surface area contributed by atoms with Crippen LogP contribution in [0.2, 0.25) is 0 Å². The minimum Gasteiger partial charge on any atom is -0.504 e. The fourth-order valence-corrected chi connectivity index (χ4v) is 4.84. The summed E-state index contributed by atoms with van der Waals surface area (Å²) in [6.07, 6.45) is 7.12. The van der Waals surface area contributed by atoms with Gasteiger partial charge in [0.05, 0.1) is 5.60 Å². The molecule has 2 unspecified atom stereocenters. The van der Waals surface area contributed by atoms with Gasteiger partial charge < -0.3 is 20.6 Å². The zero-order valence-corrected chi connectivity index (χ0v) is 19.7. The van der Waals surface area contributed by atoms with Gasteiger partial charge in [0, 0.05) is 24.2 Å². The number of hydrogen-bond donors (Lipinski definition) is 4. The molecule has 0 spiro atoms. The summed E-state index contributed by atoms with van der Waals surface area (Å²) >= 11 is 0. The van der Waals surface area contributed by atoms with Crippen LogP contribution in [0.5, 0.6) is 11.5 Å². The van der Waals surface area contributed by atoms with Crippen LogP contribution < -0.4 is 10.7 Å². The Hall–Kier alpha value is -2.44. The molecular formula is C27H36FNO4. The van der Waals surface area contributed by atoms with E-state index < -0.39 is 16.8 Å². The molecule has 6 heteroatoms. The second kappa shape index (κ2) is 11.1. The minimum atomic E-state index is -0.837. The van der Waals surface area contributed by atoms with E-state index in [1.165, 1.54) is 12.1 Å². The molecule has 0 fully saturated rings. The van der Waals surface area contributed by atoms with Crippen molar-refractivity contribution < 1.29 is 19.7 Å². The number of fused-ring (bicyclic) bond motifs is 1. The van der Waals surface area contributed by atoms with Crippen molar-refractivity contribution in [3.05, 3.63) is 68.6 Å². The van der Waals surface area contributed by atoms with Gasteiger partial charge in [-0.15, -0.1) is 0 Å². The van der Waals surface area contributed by atoms with Gasteiger partial charge >= 0.3 is 0 Å². The van der Waals surface area contributed by atoms with Gasteiger partial charge in [-0.1, -0.05) is 43.9 Å². The zero-order chi connectivity index (χ0) is 24.0. The van der Waals surface area contributed by atoms with Gasteiger partial charge in [-0.25, -0.2) is 4.39 Å². The van der Waals surface area contributed by atoms with Gasteiger partial charge in [0.1, 0.15) is 5.82 Å². The lowest BCUT2D eigenvalue weighted by molar-refractivity contribution is 0.0476. The number of aryl methyl sites for hydroxylation is 1. The molecule has 0 bridgehead atoms. The molecule has 0 aliphatic heterocycles. The SMILES string of the molecule is Cc1cc(=O)c(O)c(O)c2c1CC(CCCCCC(C)(O)CNCc1ccccc1F)CC2. The second-order valence-electron chi connectivity index (χ2n) is 9.75. The summed E-state index contributed by atoms with van der Waals surface area (Å²) in [5.74, 6) is -0.557. The molecule has 33 heavy (non-hydrogen) atoms. The highest BCUT2D eigenvalue weighted by atomic mass is 19.1. The van der Waals surface area contributed by atoms with Crippen LogP contribution in [0.3, 0.4) is 0 Å². The molecule has 2 aromatic carbocycles. The van der Waals surface area contributed by atoms with Crippen molar-refractivity contribution in [1.29, 1.82) is 0 Å². The maximum Gasteiger partial charge on any atom is 0.224 e. The molecule has 0 radical (unpaired) electrons. The first-order valence-electron chi connectivity index (χ1n) is 11.9. The molecule has 3 rings (SSSR count). The van der Waals surface area contributed by atoms with Crippen LogP contribution in [-0.2, 0) is 19.4 Å². The Morgan fingerprint density at radius 2 is 1.88 bits per heavy atom. The van der Waals surface area contributed by atoms with E-state index in [0.29, 0.717) is 43.0 Å². The lowest BCUT2D eigenvalue weighted by atomic mass is 9.80. The minimum absolute atomic E-state index is 0.237. The average Bonchev–Trinajstić information content (AvgIpc) is 2.85. The smallest absolute Gasteiger partial charge is 0.224 e. The summed E-state index contributed by atoms with van der Waals surface area (Å²) in [7, 11) is 0. The Balaban J connectivity index is 1.40. The Morgan fingerprint density at radius 3 is 2.64 bits per heavy atom. The molecule has 1 aliphatic rings. The van der Waals surface area contributed by atoms with Crippen LogP contribution in [0.15, 0.2) is 35.1 Å². The summed E-state index contributed by atoms with van der Waals surface area (Å²) in [5, 5.41) is 33.9. The monoisotopic (exact) mass is 457 g/mol. The maximum atomic E-state index is 13.7. The molecule has 4 N–H and O–H groups in total. The van der Waals surface area contributed by atoms with Gasteiger partial charge in [0.25, 0.3) is 0 Å². The first kappa shape index (κ1) is 25.2. The topological polar surface area (TPSA) is 89.8 Å². The van der Waals surface area contributed by atoms with Crippen LogP contribution in [0.1, 0.15) is 67.7 Å². The molecule has 0 amide bonds. The van der Waals surface area contributed by atoms with Crippen molar-refractivity contribution in [3.63, 3.8) is 0 Å². The van der Waals surface area contributed by atoms with Gasteiger partial charge in [0.15, 0.2) is 5.75 Å². The van der Waals surface area contributed by atoms with E-state index in [1.807, 2.05) is 13.8 Å². The lowest BCUT2D eigenvalue weighted by Crippen LogP contribution is -2.37. The third-order valence-electron chi connectivity index (χ3n) is 6.83. The van der Waals surface area contributed by atoms with Crippen LogP contribution in [0, 0.1) is 18.7 Å². The van der Waals surface area contributed by atoms with Gasteiger partial charge in [-0.3, -0.25) is 4.79 Å². The Morgan fingerprint density at radius 1 is 1.12 bits per heavy atom. The van der Waals surface area contributed by atoms with Crippen LogP contribution in [0.4, 0.5) is 4.39 Å². The Labute approximate surface area is 195 Å². The van der Waals surface area contributed by atoms with Crippen molar-refractivity contribution >= 4 is 0 Å². The quantitative estimate of drug-likeness (QED) is 0.395. The molecule has 0 saturated carbocycles. The number of rotatable bonds is 10. The van der Waals surface area contributed by atoms with E-state index in [1.54, 1.807) is 18.2 Å². The molecule has 0 aromatic heterocycles. The van der Waals surface area contributed by atoms with Crippen LogP contribution in [-0.4, -0.2) is 27.5 Å². The molecular weight excluding hydrogens is 421 g/mol. The normalized spacial score (nSPS) is 17.4. The largest absolute Gasteiger partial charge is 0.504 e. The highest BCUT2D eigenvalue weighted by Crippen LogP contribution is 2.37. The first-order chi connectivity index (χ1) is 15.7. The highest BCUT2D eigenvalue weighted by molar-refractivity contribution is 5.50. The number of nitrogens with one attached hydrogen (secondary N) is 1. The fraction of sp³-hybridized carbons (Fsp3) is 0.519. The highest BCUT2D eigenvalue weighted by Gasteiger charge is 2.24. The number of unbranched alkanes of at least 4 members (excludes halogenated alkanes) is 2. The second-order valence-corrected chi connectivity index (χ2v) is 9.75. The van der Waals surface area contributed by atoms with E-state index in [-0.39, 0.29) is 11.6 Å². The summed E-state index contributed by atoms with van der Waals surface area (Å²) in [4.78, 5) is 11.9. The van der Waals surface area contributed by atoms with Crippen molar-refractivity contribution in [2.24, 2.45) is 5.92 Å². The maximum absolute atomic E-state index is 13.7. The molecule has 2 atom stereocenters. The van der Waals surface area contributed by atoms with E-state index in [2.05, 4.69) is 5.32 Å². The lowest BCUT2D eigenvalue weighted by Gasteiger charge is -2.26. The summed E-state index contributed by atoms with van der Waals surface area (Å²) in [5.41, 5.74) is 1.75. The Kier molecular flexibility index (Phi) is 8.49. The summed E-state index contributed by atoms with van der Waals surface area (Å²) in [6, 6.07) is 8.07. The molecule has 5 nitrogen and oxygen atoms in total. The van der Waals surface area contributed by atoms with E-state index in [9.17, 15) is 24.5 Å². The standard InChI is InChI=1S/C27H36FNO4/c1-18-14-24(30)26(32)25(31)21-12-11-19(15-22(18)21)8-4-3-7-13-27(2,33)17-29-16-20-9-5-6-10-23(20)28/h5-6,9-10,14,19,29,33H,3-4,7-8,11-13,15-17H2,1-2H3,(H2,30,31,32). The number of halogens is 1. The molecule has 2 aromatic rings.